The molecule has 1 aliphatic heterocycles. The first-order valence-corrected chi connectivity index (χ1v) is 9.68. The summed E-state index contributed by atoms with van der Waals surface area (Å²) in [5.41, 5.74) is 1.73. The zero-order valence-corrected chi connectivity index (χ0v) is 14.5. The Morgan fingerprint density at radius 1 is 1.04 bits per heavy atom. The van der Waals surface area contributed by atoms with Crippen molar-refractivity contribution in [1.82, 2.24) is 0 Å². The van der Waals surface area contributed by atoms with E-state index in [4.69, 9.17) is 9.47 Å². The third-order valence-electron chi connectivity index (χ3n) is 3.79. The largest absolute Gasteiger partial charge is 0.382 e. The Balaban J connectivity index is 1.82. The zero-order chi connectivity index (χ0) is 16.5. The summed E-state index contributed by atoms with van der Waals surface area (Å²) in [5, 5.41) is 0. The number of hydrogen-bond acceptors (Lipinski definition) is 5. The average molecular weight is 342 g/mol. The Morgan fingerprint density at radius 2 is 1.74 bits per heavy atom. The predicted molar refractivity (Wildman–Crippen MR) is 92.6 cm³/mol. The molecule has 1 heterocycles. The van der Waals surface area contributed by atoms with Crippen molar-refractivity contribution in [2.45, 2.75) is 19.3 Å². The molecule has 6 nitrogen and oxygen atoms in total. The van der Waals surface area contributed by atoms with Crippen molar-refractivity contribution < 1.29 is 17.9 Å². The molecule has 7 heteroatoms. The lowest BCUT2D eigenvalue weighted by Gasteiger charge is -2.28. The van der Waals surface area contributed by atoms with E-state index >= 15 is 0 Å². The van der Waals surface area contributed by atoms with Crippen molar-refractivity contribution in [2.24, 2.45) is 0 Å². The van der Waals surface area contributed by atoms with Crippen LogP contribution in [0.15, 0.2) is 24.3 Å². The normalized spacial score (nSPS) is 15.6. The maximum atomic E-state index is 12.0. The molecule has 1 aromatic rings. The van der Waals surface area contributed by atoms with Gasteiger partial charge in [0.05, 0.1) is 25.6 Å². The van der Waals surface area contributed by atoms with Gasteiger partial charge in [-0.2, -0.15) is 0 Å². The van der Waals surface area contributed by atoms with Gasteiger partial charge >= 0.3 is 0 Å². The van der Waals surface area contributed by atoms with Crippen LogP contribution in [0.3, 0.4) is 0 Å². The molecule has 0 unspecified atom stereocenters. The van der Waals surface area contributed by atoms with E-state index in [1.165, 1.54) is 19.3 Å². The summed E-state index contributed by atoms with van der Waals surface area (Å²) in [6.45, 7) is 3.17. The molecule has 23 heavy (non-hydrogen) atoms. The van der Waals surface area contributed by atoms with E-state index in [-0.39, 0.29) is 12.4 Å². The van der Waals surface area contributed by atoms with Gasteiger partial charge in [-0.15, -0.1) is 0 Å². The molecule has 0 saturated carbocycles. The van der Waals surface area contributed by atoms with E-state index in [2.05, 4.69) is 9.62 Å². The highest BCUT2D eigenvalue weighted by molar-refractivity contribution is 7.92. The first-order valence-electron chi connectivity index (χ1n) is 8.03. The summed E-state index contributed by atoms with van der Waals surface area (Å²) in [4.78, 5) is 2.34. The maximum absolute atomic E-state index is 12.0. The van der Waals surface area contributed by atoms with Crippen LogP contribution < -0.4 is 9.62 Å². The number of methoxy groups -OCH3 is 1. The average Bonchev–Trinajstić information content (AvgIpc) is 2.56. The molecule has 0 radical (unpaired) electrons. The van der Waals surface area contributed by atoms with E-state index in [1.807, 2.05) is 24.3 Å². The molecule has 2 rings (SSSR count). The second-order valence-corrected chi connectivity index (χ2v) is 7.46. The highest BCUT2D eigenvalue weighted by Gasteiger charge is 2.13. The molecular formula is C16H26N2O4S. The predicted octanol–water partition coefficient (Wildman–Crippen LogP) is 2.08. The lowest BCUT2D eigenvalue weighted by atomic mass is 10.1. The van der Waals surface area contributed by atoms with Crippen molar-refractivity contribution >= 4 is 21.4 Å². The summed E-state index contributed by atoms with van der Waals surface area (Å²) >= 11 is 0. The number of sulfonamides is 1. The third kappa shape index (κ3) is 6.37. The first kappa shape index (κ1) is 18.0. The molecule has 0 atom stereocenters. The smallest absolute Gasteiger partial charge is 0.234 e. The van der Waals surface area contributed by atoms with Crippen molar-refractivity contribution in [3.05, 3.63) is 24.3 Å². The topological polar surface area (TPSA) is 67.9 Å². The second kappa shape index (κ2) is 9.10. The van der Waals surface area contributed by atoms with Crippen molar-refractivity contribution in [1.29, 1.82) is 0 Å². The van der Waals surface area contributed by atoms with Crippen LogP contribution in [-0.2, 0) is 19.5 Å². The Kier molecular flexibility index (Phi) is 7.14. The molecule has 130 valence electrons. The number of nitrogens with one attached hydrogen (secondary N) is 1. The van der Waals surface area contributed by atoms with E-state index in [9.17, 15) is 8.42 Å². The fraction of sp³-hybridized carbons (Fsp3) is 0.625. The van der Waals surface area contributed by atoms with Gasteiger partial charge in [-0.05, 0) is 43.5 Å². The maximum Gasteiger partial charge on any atom is 0.234 e. The third-order valence-corrected chi connectivity index (χ3v) is 5.04. The van der Waals surface area contributed by atoms with Gasteiger partial charge < -0.3 is 14.4 Å². The number of benzene rings is 1. The fourth-order valence-corrected chi connectivity index (χ4v) is 3.47. The van der Waals surface area contributed by atoms with Gasteiger partial charge in [-0.3, -0.25) is 4.72 Å². The standard InChI is InChI=1S/C16H26N2O4S/c1-21-11-12-22-13-14-23(19,20)17-15-5-7-16(8-6-15)18-9-3-2-4-10-18/h5-8,17H,2-4,9-14H2,1H3. The highest BCUT2D eigenvalue weighted by Crippen LogP contribution is 2.22. The van der Waals surface area contributed by atoms with E-state index < -0.39 is 10.0 Å². The SMILES string of the molecule is COCCOCCS(=O)(=O)Nc1ccc(N2CCCCC2)cc1. The molecule has 1 saturated heterocycles. The lowest BCUT2D eigenvalue weighted by molar-refractivity contribution is 0.0785. The van der Waals surface area contributed by atoms with Gasteiger partial charge in [0.15, 0.2) is 0 Å². The Morgan fingerprint density at radius 3 is 2.39 bits per heavy atom. The van der Waals surface area contributed by atoms with Crippen LogP contribution in [0.5, 0.6) is 0 Å². The van der Waals surface area contributed by atoms with Crippen LogP contribution >= 0.6 is 0 Å². The highest BCUT2D eigenvalue weighted by atomic mass is 32.2. The molecule has 1 fully saturated rings. The van der Waals surface area contributed by atoms with Gasteiger partial charge in [-0.25, -0.2) is 8.42 Å². The Labute approximate surface area is 138 Å². The van der Waals surface area contributed by atoms with Crippen molar-refractivity contribution in [3.63, 3.8) is 0 Å². The molecule has 0 aromatic heterocycles. The van der Waals surface area contributed by atoms with Gasteiger partial charge in [0.2, 0.25) is 10.0 Å². The van der Waals surface area contributed by atoms with E-state index in [0.29, 0.717) is 18.9 Å². The molecule has 0 bridgehead atoms. The van der Waals surface area contributed by atoms with E-state index in [0.717, 1.165) is 18.8 Å². The van der Waals surface area contributed by atoms with Crippen LogP contribution in [0.1, 0.15) is 19.3 Å². The van der Waals surface area contributed by atoms with Crippen LogP contribution in [0.25, 0.3) is 0 Å². The van der Waals surface area contributed by atoms with Gasteiger partial charge in [0.25, 0.3) is 0 Å². The van der Waals surface area contributed by atoms with Gasteiger partial charge in [0.1, 0.15) is 0 Å². The minimum absolute atomic E-state index is 0.0649. The number of rotatable bonds is 9. The minimum atomic E-state index is -3.39. The molecule has 1 aromatic carbocycles. The monoisotopic (exact) mass is 342 g/mol. The minimum Gasteiger partial charge on any atom is -0.382 e. The number of hydrogen-bond donors (Lipinski definition) is 1. The summed E-state index contributed by atoms with van der Waals surface area (Å²) in [6, 6.07) is 7.57. The van der Waals surface area contributed by atoms with Crippen LogP contribution in [0.2, 0.25) is 0 Å². The summed E-state index contributed by atoms with van der Waals surface area (Å²) in [5.74, 6) is -0.0649. The Hall–Kier alpha value is -1.31. The summed E-state index contributed by atoms with van der Waals surface area (Å²) in [6.07, 6.45) is 3.73. The molecule has 1 aliphatic rings. The molecule has 0 aliphatic carbocycles. The summed E-state index contributed by atoms with van der Waals surface area (Å²) in [7, 11) is -1.81. The van der Waals surface area contributed by atoms with Gasteiger partial charge in [-0.1, -0.05) is 0 Å². The Bertz CT molecular complexity index is 554. The second-order valence-electron chi connectivity index (χ2n) is 5.62. The number of piperidine rings is 1. The quantitative estimate of drug-likeness (QED) is 0.696. The molecule has 1 N–H and O–H groups in total. The molecule has 0 amide bonds. The van der Waals surface area contributed by atoms with Gasteiger partial charge in [0, 0.05) is 31.6 Å². The fourth-order valence-electron chi connectivity index (χ4n) is 2.54. The summed E-state index contributed by atoms with van der Waals surface area (Å²) < 4.78 is 36.6. The van der Waals surface area contributed by atoms with E-state index in [1.54, 1.807) is 7.11 Å². The number of anilines is 2. The van der Waals surface area contributed by atoms with Crippen molar-refractivity contribution in [3.8, 4) is 0 Å². The van der Waals surface area contributed by atoms with Crippen LogP contribution in [0, 0.1) is 0 Å². The number of ether oxygens (including phenoxy) is 2. The number of nitrogens with zero attached hydrogens (tertiary/aromatic N) is 1. The zero-order valence-electron chi connectivity index (χ0n) is 13.7. The van der Waals surface area contributed by atoms with Crippen molar-refractivity contribution in [2.75, 3.05) is 55.4 Å². The first-order chi connectivity index (χ1) is 11.1. The van der Waals surface area contributed by atoms with Crippen LogP contribution in [-0.4, -0.2) is 54.2 Å². The van der Waals surface area contributed by atoms with Crippen LogP contribution in [0.4, 0.5) is 11.4 Å². The lowest BCUT2D eigenvalue weighted by Crippen LogP contribution is -2.29. The molecular weight excluding hydrogens is 316 g/mol. The molecule has 0 spiro atoms.